The van der Waals surface area contributed by atoms with Gasteiger partial charge in [-0.2, -0.15) is 4.99 Å². The first-order chi connectivity index (χ1) is 15.0. The fraction of sp³-hybridized carbons (Fsp3) is 0.391. The second-order valence-corrected chi connectivity index (χ2v) is 7.84. The maximum absolute atomic E-state index is 12.8. The van der Waals surface area contributed by atoms with Crippen LogP contribution < -0.4 is 19.0 Å². The van der Waals surface area contributed by atoms with Gasteiger partial charge in [0.1, 0.15) is 27.5 Å². The van der Waals surface area contributed by atoms with Gasteiger partial charge in [0.2, 0.25) is 0 Å². The molecule has 1 amide bonds. The average Bonchev–Trinajstić information content (AvgIpc) is 3.11. The molecule has 0 saturated heterocycles. The lowest BCUT2D eigenvalue weighted by atomic mass is 10.1. The van der Waals surface area contributed by atoms with Crippen molar-refractivity contribution in [2.24, 2.45) is 4.99 Å². The summed E-state index contributed by atoms with van der Waals surface area (Å²) in [5, 5.41) is 0. The minimum absolute atomic E-state index is 0.207. The van der Waals surface area contributed by atoms with Crippen LogP contribution in [0.15, 0.2) is 35.3 Å². The summed E-state index contributed by atoms with van der Waals surface area (Å²) < 4.78 is 24.8. The number of fused-ring (bicyclic) bond motifs is 1. The summed E-state index contributed by atoms with van der Waals surface area (Å²) in [6.45, 7) is 5.57. The zero-order valence-electron chi connectivity index (χ0n) is 18.6. The monoisotopic (exact) mass is 444 g/mol. The molecule has 0 unspecified atom stereocenters. The van der Waals surface area contributed by atoms with Crippen LogP contribution in [0.4, 0.5) is 0 Å². The van der Waals surface area contributed by atoms with Crippen LogP contribution in [0.2, 0.25) is 0 Å². The van der Waals surface area contributed by atoms with E-state index in [1.165, 1.54) is 11.3 Å². The maximum Gasteiger partial charge on any atom is 0.252 e. The van der Waals surface area contributed by atoms with E-state index in [0.29, 0.717) is 36.1 Å². The van der Waals surface area contributed by atoms with E-state index in [1.54, 1.807) is 21.3 Å². The van der Waals surface area contributed by atoms with Crippen molar-refractivity contribution in [3.05, 3.63) is 46.3 Å². The van der Waals surface area contributed by atoms with Crippen LogP contribution in [0, 0.1) is 6.92 Å². The summed E-state index contributed by atoms with van der Waals surface area (Å²) in [4.78, 5) is 17.8. The summed E-state index contributed by atoms with van der Waals surface area (Å²) in [5.41, 5.74) is 2.72. The van der Waals surface area contributed by atoms with E-state index in [-0.39, 0.29) is 12.3 Å². The zero-order chi connectivity index (χ0) is 22.4. The molecule has 0 atom stereocenters. The number of amides is 1. The number of aromatic nitrogens is 1. The molecule has 2 aromatic carbocycles. The van der Waals surface area contributed by atoms with Gasteiger partial charge in [-0.1, -0.05) is 23.5 Å². The van der Waals surface area contributed by atoms with Gasteiger partial charge in [0.05, 0.1) is 34.4 Å². The molecule has 31 heavy (non-hydrogen) atoms. The van der Waals surface area contributed by atoms with Gasteiger partial charge in [-0.15, -0.1) is 0 Å². The Labute approximate surface area is 185 Å². The fourth-order valence-corrected chi connectivity index (χ4v) is 4.60. The number of nitrogens with zero attached hydrogens (tertiary/aromatic N) is 2. The molecule has 3 rings (SSSR count). The van der Waals surface area contributed by atoms with Gasteiger partial charge in [-0.05, 0) is 43.2 Å². The summed E-state index contributed by atoms with van der Waals surface area (Å²) >= 11 is 1.41. The number of thiazole rings is 1. The second-order valence-electron chi connectivity index (χ2n) is 6.87. The minimum Gasteiger partial charge on any atom is -0.496 e. The molecule has 0 saturated carbocycles. The van der Waals surface area contributed by atoms with Crippen LogP contribution in [0.5, 0.6) is 17.2 Å². The Balaban J connectivity index is 2.04. The van der Waals surface area contributed by atoms with Gasteiger partial charge in [0.15, 0.2) is 4.80 Å². The Kier molecular flexibility index (Phi) is 7.70. The molecule has 0 aliphatic heterocycles. The first kappa shape index (κ1) is 22.8. The van der Waals surface area contributed by atoms with Crippen molar-refractivity contribution < 1.29 is 23.7 Å². The van der Waals surface area contributed by atoms with E-state index < -0.39 is 0 Å². The molecule has 0 aliphatic rings. The second kappa shape index (κ2) is 10.5. The third-order valence-corrected chi connectivity index (χ3v) is 5.98. The number of methoxy groups -OCH3 is 3. The van der Waals surface area contributed by atoms with E-state index in [2.05, 4.69) is 4.99 Å². The number of aryl methyl sites for hydroxylation is 1. The number of carbonyl (C=O) groups is 1. The topological polar surface area (TPSA) is 71.3 Å². The highest BCUT2D eigenvalue weighted by molar-refractivity contribution is 7.16. The molecule has 0 fully saturated rings. The Morgan fingerprint density at radius 1 is 1.03 bits per heavy atom. The number of ether oxygens (including phenoxy) is 4. The molecule has 8 heteroatoms. The zero-order valence-corrected chi connectivity index (χ0v) is 19.4. The molecule has 0 bridgehead atoms. The molecule has 1 aromatic heterocycles. The molecule has 0 spiro atoms. The lowest BCUT2D eigenvalue weighted by molar-refractivity contribution is -0.117. The molecule has 1 heterocycles. The third-order valence-electron chi connectivity index (χ3n) is 4.89. The maximum atomic E-state index is 12.8. The largest absolute Gasteiger partial charge is 0.496 e. The lowest BCUT2D eigenvalue weighted by Crippen LogP contribution is -2.20. The van der Waals surface area contributed by atoms with Crippen molar-refractivity contribution in [2.75, 3.05) is 34.5 Å². The SMILES string of the molecule is CCOCCn1c(=NC(=O)Cc2ccc(OC)c(C)c2)sc2c(OC)ccc(OC)c21. The number of rotatable bonds is 9. The highest BCUT2D eigenvalue weighted by atomic mass is 32.1. The molecular formula is C23H28N2O5S. The molecule has 0 radical (unpaired) electrons. The molecule has 0 aliphatic carbocycles. The molecular weight excluding hydrogens is 416 g/mol. The quantitative estimate of drug-likeness (QED) is 0.470. The smallest absolute Gasteiger partial charge is 0.252 e. The van der Waals surface area contributed by atoms with E-state index >= 15 is 0 Å². The van der Waals surface area contributed by atoms with Crippen molar-refractivity contribution in [3.63, 3.8) is 0 Å². The van der Waals surface area contributed by atoms with Crippen LogP contribution in [-0.2, 0) is 22.5 Å². The van der Waals surface area contributed by atoms with E-state index in [9.17, 15) is 4.79 Å². The summed E-state index contributed by atoms with van der Waals surface area (Å²) in [7, 11) is 4.88. The van der Waals surface area contributed by atoms with Crippen LogP contribution >= 0.6 is 11.3 Å². The average molecular weight is 445 g/mol. The van der Waals surface area contributed by atoms with Crippen LogP contribution in [0.25, 0.3) is 10.2 Å². The Morgan fingerprint density at radius 2 is 1.71 bits per heavy atom. The minimum atomic E-state index is -0.223. The summed E-state index contributed by atoms with van der Waals surface area (Å²) in [6.07, 6.45) is 0.207. The molecule has 0 N–H and O–H groups in total. The predicted molar refractivity (Wildman–Crippen MR) is 121 cm³/mol. The van der Waals surface area contributed by atoms with Gasteiger partial charge in [0.25, 0.3) is 5.91 Å². The van der Waals surface area contributed by atoms with Gasteiger partial charge in [-0.3, -0.25) is 4.79 Å². The lowest BCUT2D eigenvalue weighted by Gasteiger charge is -2.10. The van der Waals surface area contributed by atoms with Crippen LogP contribution in [-0.4, -0.2) is 45.0 Å². The standard InChI is InChI=1S/C23H28N2O5S/c1-6-30-12-11-25-21-18(28-4)9-10-19(29-5)22(21)31-23(25)24-20(26)14-16-7-8-17(27-3)15(2)13-16/h7-10,13H,6,11-12,14H2,1-5H3. The van der Waals surface area contributed by atoms with Crippen molar-refractivity contribution in [1.29, 1.82) is 0 Å². The number of hydrogen-bond donors (Lipinski definition) is 0. The van der Waals surface area contributed by atoms with Gasteiger partial charge < -0.3 is 23.5 Å². The van der Waals surface area contributed by atoms with Crippen LogP contribution in [0.1, 0.15) is 18.1 Å². The van der Waals surface area contributed by atoms with Crippen molar-refractivity contribution in [3.8, 4) is 17.2 Å². The normalized spacial score (nSPS) is 11.7. The first-order valence-corrected chi connectivity index (χ1v) is 10.9. The van der Waals surface area contributed by atoms with Crippen molar-refractivity contribution >= 4 is 27.5 Å². The van der Waals surface area contributed by atoms with Crippen molar-refractivity contribution in [1.82, 2.24) is 4.57 Å². The predicted octanol–water partition coefficient (Wildman–Crippen LogP) is 3.74. The highest BCUT2D eigenvalue weighted by Gasteiger charge is 2.16. The Bertz CT molecular complexity index is 1130. The van der Waals surface area contributed by atoms with Crippen LogP contribution in [0.3, 0.4) is 0 Å². The third kappa shape index (κ3) is 5.08. The van der Waals surface area contributed by atoms with Gasteiger partial charge in [0, 0.05) is 13.2 Å². The number of benzene rings is 2. The first-order valence-electron chi connectivity index (χ1n) is 10.1. The highest BCUT2D eigenvalue weighted by Crippen LogP contribution is 2.35. The molecule has 3 aromatic rings. The Morgan fingerprint density at radius 3 is 2.35 bits per heavy atom. The summed E-state index contributed by atoms with van der Waals surface area (Å²) in [6, 6.07) is 9.42. The molecule has 166 valence electrons. The van der Waals surface area contributed by atoms with Gasteiger partial charge >= 0.3 is 0 Å². The van der Waals surface area contributed by atoms with E-state index in [0.717, 1.165) is 27.1 Å². The fourth-order valence-electron chi connectivity index (χ4n) is 3.42. The Hall–Kier alpha value is -2.84. The summed E-state index contributed by atoms with van der Waals surface area (Å²) in [5.74, 6) is 1.98. The van der Waals surface area contributed by atoms with E-state index in [4.69, 9.17) is 18.9 Å². The molecule has 7 nitrogen and oxygen atoms in total. The van der Waals surface area contributed by atoms with Crippen molar-refractivity contribution in [2.45, 2.75) is 26.8 Å². The number of carbonyl (C=O) groups excluding carboxylic acids is 1. The van der Waals surface area contributed by atoms with E-state index in [1.807, 2.05) is 48.7 Å². The number of hydrogen-bond acceptors (Lipinski definition) is 6. The van der Waals surface area contributed by atoms with Gasteiger partial charge in [-0.25, -0.2) is 0 Å².